The van der Waals surface area contributed by atoms with E-state index >= 15 is 0 Å². The lowest BCUT2D eigenvalue weighted by molar-refractivity contribution is 0.112. The molecule has 4 heteroatoms. The smallest absolute Gasteiger partial charge is 0.160 e. The van der Waals surface area contributed by atoms with Gasteiger partial charge in [-0.1, -0.05) is 0 Å². The van der Waals surface area contributed by atoms with Gasteiger partial charge in [0.2, 0.25) is 0 Å². The quantitative estimate of drug-likeness (QED) is 0.708. The summed E-state index contributed by atoms with van der Waals surface area (Å²) in [6.45, 7) is 4.72. The molecule has 0 saturated carbocycles. The molecule has 0 radical (unpaired) electrons. The lowest BCUT2D eigenvalue weighted by Gasteiger charge is -2.35. The van der Waals surface area contributed by atoms with Gasteiger partial charge in [0.05, 0.1) is 4.88 Å². The van der Waals surface area contributed by atoms with Crippen molar-refractivity contribution < 1.29 is 4.79 Å². The highest BCUT2D eigenvalue weighted by atomic mass is 32.1. The van der Waals surface area contributed by atoms with Crippen molar-refractivity contribution in [1.29, 1.82) is 0 Å². The first-order valence-corrected chi connectivity index (χ1v) is 6.27. The molecule has 0 spiro atoms. The Kier molecular flexibility index (Phi) is 2.25. The first-order chi connectivity index (χ1) is 7.36. The molecule has 2 unspecified atom stereocenters. The van der Waals surface area contributed by atoms with Crippen molar-refractivity contribution >= 4 is 23.3 Å². The molecule has 2 fully saturated rings. The highest BCUT2D eigenvalue weighted by Gasteiger charge is 2.32. The molecule has 1 aromatic rings. The largest absolute Gasteiger partial charge is 0.365 e. The van der Waals surface area contributed by atoms with Gasteiger partial charge in [0.25, 0.3) is 0 Å². The summed E-state index contributed by atoms with van der Waals surface area (Å²) < 4.78 is 0. The van der Waals surface area contributed by atoms with Gasteiger partial charge in [-0.25, -0.2) is 0 Å². The van der Waals surface area contributed by atoms with Crippen molar-refractivity contribution in [3.63, 3.8) is 0 Å². The predicted octanol–water partition coefficient (Wildman–Crippen LogP) is 1.45. The lowest BCUT2D eigenvalue weighted by Crippen LogP contribution is -2.46. The number of carbonyl (C=O) groups excluding carboxylic acids is 1. The average molecular weight is 222 g/mol. The SMILES string of the molecule is O=Cc1cc(N2CCN3CCC2C3)cs1. The number of piperazine rings is 1. The normalized spacial score (nSPS) is 29.5. The third-order valence-electron chi connectivity index (χ3n) is 3.40. The van der Waals surface area contributed by atoms with E-state index in [-0.39, 0.29) is 0 Å². The van der Waals surface area contributed by atoms with Crippen LogP contribution in [0.5, 0.6) is 0 Å². The van der Waals surface area contributed by atoms with Gasteiger partial charge in [0.15, 0.2) is 6.29 Å². The Hall–Kier alpha value is -0.870. The molecule has 15 heavy (non-hydrogen) atoms. The standard InChI is InChI=1S/C11H14N2OS/c14-7-11-5-10(8-15-11)13-4-3-12-2-1-9(13)6-12/h5,7-9H,1-4,6H2. The molecule has 2 saturated heterocycles. The molecular formula is C11H14N2OS. The zero-order chi connectivity index (χ0) is 10.3. The van der Waals surface area contributed by atoms with E-state index in [2.05, 4.69) is 15.2 Å². The maximum Gasteiger partial charge on any atom is 0.160 e. The zero-order valence-electron chi connectivity index (χ0n) is 8.56. The molecule has 3 nitrogen and oxygen atoms in total. The zero-order valence-corrected chi connectivity index (χ0v) is 9.37. The minimum absolute atomic E-state index is 0.674. The Balaban J connectivity index is 1.83. The Bertz CT molecular complexity index is 376. The van der Waals surface area contributed by atoms with E-state index in [1.165, 1.54) is 31.7 Å². The number of fused-ring (bicyclic) bond motifs is 2. The van der Waals surface area contributed by atoms with Crippen LogP contribution in [-0.4, -0.2) is 43.4 Å². The van der Waals surface area contributed by atoms with E-state index in [4.69, 9.17) is 0 Å². The second-order valence-corrected chi connectivity index (χ2v) is 5.20. The van der Waals surface area contributed by atoms with Gasteiger partial charge in [-0.05, 0) is 12.5 Å². The number of anilines is 1. The van der Waals surface area contributed by atoms with E-state index in [1.807, 2.05) is 6.07 Å². The number of aldehydes is 1. The Morgan fingerprint density at radius 1 is 1.40 bits per heavy atom. The van der Waals surface area contributed by atoms with Crippen molar-refractivity contribution in [2.75, 3.05) is 31.1 Å². The first kappa shape index (κ1) is 9.36. The summed E-state index contributed by atoms with van der Waals surface area (Å²) in [7, 11) is 0. The van der Waals surface area contributed by atoms with Gasteiger partial charge < -0.3 is 4.90 Å². The summed E-state index contributed by atoms with van der Waals surface area (Å²) in [5.74, 6) is 0. The number of carbonyl (C=O) groups is 1. The monoisotopic (exact) mass is 222 g/mol. The third-order valence-corrected chi connectivity index (χ3v) is 4.24. The van der Waals surface area contributed by atoms with Gasteiger partial charge in [0.1, 0.15) is 0 Å². The maximum atomic E-state index is 10.6. The molecule has 80 valence electrons. The molecule has 2 bridgehead atoms. The van der Waals surface area contributed by atoms with E-state index in [9.17, 15) is 4.79 Å². The van der Waals surface area contributed by atoms with Gasteiger partial charge in [-0.15, -0.1) is 11.3 Å². The third kappa shape index (κ3) is 1.58. The van der Waals surface area contributed by atoms with Crippen LogP contribution in [0.15, 0.2) is 11.4 Å². The van der Waals surface area contributed by atoms with Crippen molar-refractivity contribution in [2.24, 2.45) is 0 Å². The van der Waals surface area contributed by atoms with E-state index < -0.39 is 0 Å². The summed E-state index contributed by atoms with van der Waals surface area (Å²) in [4.78, 5) is 16.5. The fourth-order valence-electron chi connectivity index (χ4n) is 2.60. The summed E-state index contributed by atoms with van der Waals surface area (Å²) in [6, 6.07) is 2.69. The van der Waals surface area contributed by atoms with Crippen LogP contribution in [0, 0.1) is 0 Å². The van der Waals surface area contributed by atoms with Crippen molar-refractivity contribution in [1.82, 2.24) is 4.90 Å². The molecule has 2 aliphatic rings. The van der Waals surface area contributed by atoms with Crippen LogP contribution in [0.25, 0.3) is 0 Å². The molecule has 3 rings (SSSR count). The molecule has 1 aromatic heterocycles. The van der Waals surface area contributed by atoms with Crippen LogP contribution in [0.3, 0.4) is 0 Å². The first-order valence-electron chi connectivity index (χ1n) is 5.39. The molecule has 2 atom stereocenters. The van der Waals surface area contributed by atoms with Gasteiger partial charge in [-0.3, -0.25) is 9.69 Å². The average Bonchev–Trinajstić information content (AvgIpc) is 2.87. The van der Waals surface area contributed by atoms with E-state index in [0.29, 0.717) is 6.04 Å². The molecule has 3 heterocycles. The van der Waals surface area contributed by atoms with Gasteiger partial charge >= 0.3 is 0 Å². The molecule has 0 amide bonds. The highest BCUT2D eigenvalue weighted by molar-refractivity contribution is 7.12. The number of rotatable bonds is 2. The van der Waals surface area contributed by atoms with Crippen LogP contribution in [0.4, 0.5) is 5.69 Å². The van der Waals surface area contributed by atoms with Crippen LogP contribution in [-0.2, 0) is 0 Å². The van der Waals surface area contributed by atoms with Crippen LogP contribution in [0.1, 0.15) is 16.1 Å². The lowest BCUT2D eigenvalue weighted by atomic mass is 10.2. The Morgan fingerprint density at radius 3 is 3.13 bits per heavy atom. The van der Waals surface area contributed by atoms with Crippen molar-refractivity contribution in [3.8, 4) is 0 Å². The van der Waals surface area contributed by atoms with Gasteiger partial charge in [-0.2, -0.15) is 0 Å². The second-order valence-electron chi connectivity index (χ2n) is 4.26. The summed E-state index contributed by atoms with van der Waals surface area (Å²) in [5.41, 5.74) is 1.24. The molecule has 0 N–H and O–H groups in total. The van der Waals surface area contributed by atoms with Crippen LogP contribution in [0.2, 0.25) is 0 Å². The fourth-order valence-corrected chi connectivity index (χ4v) is 3.30. The van der Waals surface area contributed by atoms with Crippen LogP contribution >= 0.6 is 11.3 Å². The minimum atomic E-state index is 0.674. The topological polar surface area (TPSA) is 23.6 Å². The predicted molar refractivity (Wildman–Crippen MR) is 61.9 cm³/mol. The fraction of sp³-hybridized carbons (Fsp3) is 0.545. The van der Waals surface area contributed by atoms with Crippen molar-refractivity contribution in [2.45, 2.75) is 12.5 Å². The number of hydrogen-bond donors (Lipinski definition) is 0. The van der Waals surface area contributed by atoms with Gasteiger partial charge in [0, 0.05) is 43.3 Å². The van der Waals surface area contributed by atoms with E-state index in [0.717, 1.165) is 17.7 Å². The van der Waals surface area contributed by atoms with E-state index in [1.54, 1.807) is 11.3 Å². The second kappa shape index (κ2) is 3.61. The maximum absolute atomic E-state index is 10.6. The van der Waals surface area contributed by atoms with Crippen molar-refractivity contribution in [3.05, 3.63) is 16.3 Å². The number of nitrogens with zero attached hydrogens (tertiary/aromatic N) is 2. The minimum Gasteiger partial charge on any atom is -0.365 e. The molecule has 0 aliphatic carbocycles. The molecule has 0 aromatic carbocycles. The molecular weight excluding hydrogens is 208 g/mol. The Morgan fingerprint density at radius 2 is 2.33 bits per heavy atom. The number of hydrogen-bond acceptors (Lipinski definition) is 4. The summed E-state index contributed by atoms with van der Waals surface area (Å²) >= 11 is 1.55. The van der Waals surface area contributed by atoms with Crippen LogP contribution < -0.4 is 4.90 Å². The Labute approximate surface area is 93.3 Å². The molecule has 2 aliphatic heterocycles. The summed E-state index contributed by atoms with van der Waals surface area (Å²) in [6.07, 6.45) is 2.21. The number of thiophene rings is 1. The highest BCUT2D eigenvalue weighted by Crippen LogP contribution is 2.29. The summed E-state index contributed by atoms with van der Waals surface area (Å²) in [5, 5.41) is 2.11.